The molecular weight excluding hydrogens is 278 g/mol. The topological polar surface area (TPSA) is 53.9 Å². The van der Waals surface area contributed by atoms with Crippen LogP contribution in [0, 0.1) is 0 Å². The van der Waals surface area contributed by atoms with Gasteiger partial charge in [-0.3, -0.25) is 10.1 Å². The predicted octanol–water partition coefficient (Wildman–Crippen LogP) is 1.50. The molecule has 1 aromatic carbocycles. The van der Waals surface area contributed by atoms with Crippen LogP contribution >= 0.6 is 11.6 Å². The SMILES string of the molecule is O=C1NC(N2CCOCC2)=N/C1=C/c1ccc(Cl)cc1. The Morgan fingerprint density at radius 3 is 2.65 bits per heavy atom. The Hall–Kier alpha value is -1.85. The number of nitrogens with zero attached hydrogens (tertiary/aromatic N) is 2. The minimum Gasteiger partial charge on any atom is -0.378 e. The Balaban J connectivity index is 1.80. The maximum Gasteiger partial charge on any atom is 0.276 e. The van der Waals surface area contributed by atoms with Gasteiger partial charge in [0.1, 0.15) is 5.70 Å². The third kappa shape index (κ3) is 2.84. The zero-order valence-electron chi connectivity index (χ0n) is 10.8. The molecule has 1 aromatic rings. The molecule has 0 unspecified atom stereocenters. The Kier molecular flexibility index (Phi) is 3.71. The molecule has 0 bridgehead atoms. The highest BCUT2D eigenvalue weighted by Crippen LogP contribution is 2.16. The first-order chi connectivity index (χ1) is 9.72. The standard InChI is InChI=1S/C14H14ClN3O2/c15-11-3-1-10(2-4-11)9-12-13(19)17-14(16-12)18-5-7-20-8-6-18/h1-4,9H,5-8H2,(H,16,17,19)/b12-9+. The smallest absolute Gasteiger partial charge is 0.276 e. The molecule has 2 aliphatic heterocycles. The third-order valence-electron chi connectivity index (χ3n) is 3.17. The van der Waals surface area contributed by atoms with E-state index in [1.165, 1.54) is 0 Å². The van der Waals surface area contributed by atoms with Crippen LogP contribution in [0.2, 0.25) is 5.02 Å². The van der Waals surface area contributed by atoms with Crippen LogP contribution in [-0.2, 0) is 9.53 Å². The van der Waals surface area contributed by atoms with Crippen LogP contribution in [0.4, 0.5) is 0 Å². The van der Waals surface area contributed by atoms with Gasteiger partial charge in [0.2, 0.25) is 5.96 Å². The Morgan fingerprint density at radius 1 is 1.25 bits per heavy atom. The number of nitrogens with one attached hydrogen (secondary N) is 1. The molecular formula is C14H14ClN3O2. The van der Waals surface area contributed by atoms with Gasteiger partial charge in [-0.15, -0.1) is 0 Å². The lowest BCUT2D eigenvalue weighted by atomic mass is 10.2. The van der Waals surface area contributed by atoms with E-state index in [2.05, 4.69) is 10.3 Å². The molecule has 1 saturated heterocycles. The quantitative estimate of drug-likeness (QED) is 0.798. The van der Waals surface area contributed by atoms with Gasteiger partial charge in [0.25, 0.3) is 5.91 Å². The average Bonchev–Trinajstić information content (AvgIpc) is 2.84. The number of rotatable bonds is 1. The van der Waals surface area contributed by atoms with E-state index in [9.17, 15) is 4.79 Å². The van der Waals surface area contributed by atoms with Crippen molar-refractivity contribution in [1.82, 2.24) is 10.2 Å². The summed E-state index contributed by atoms with van der Waals surface area (Å²) in [5.74, 6) is 0.431. The van der Waals surface area contributed by atoms with Crippen molar-refractivity contribution in [2.24, 2.45) is 4.99 Å². The number of morpholine rings is 1. The number of aliphatic imine (C=N–C) groups is 1. The molecule has 0 saturated carbocycles. The fourth-order valence-electron chi connectivity index (χ4n) is 2.10. The number of halogens is 1. The number of carbonyl (C=O) groups excluding carboxylic acids is 1. The van der Waals surface area contributed by atoms with Crippen LogP contribution in [0.5, 0.6) is 0 Å². The number of guanidine groups is 1. The van der Waals surface area contributed by atoms with E-state index in [1.807, 2.05) is 17.0 Å². The first-order valence-corrected chi connectivity index (χ1v) is 6.80. The molecule has 104 valence electrons. The van der Waals surface area contributed by atoms with Crippen LogP contribution < -0.4 is 5.32 Å². The lowest BCUT2D eigenvalue weighted by molar-refractivity contribution is -0.115. The number of hydrogen-bond acceptors (Lipinski definition) is 4. The molecule has 0 atom stereocenters. The van der Waals surface area contributed by atoms with Crippen molar-refractivity contribution in [3.05, 3.63) is 40.5 Å². The first-order valence-electron chi connectivity index (χ1n) is 6.42. The molecule has 5 nitrogen and oxygen atoms in total. The molecule has 1 N–H and O–H groups in total. The van der Waals surface area contributed by atoms with E-state index in [4.69, 9.17) is 16.3 Å². The fourth-order valence-corrected chi connectivity index (χ4v) is 2.22. The Labute approximate surface area is 121 Å². The largest absolute Gasteiger partial charge is 0.378 e. The van der Waals surface area contributed by atoms with Crippen molar-refractivity contribution in [3.8, 4) is 0 Å². The summed E-state index contributed by atoms with van der Waals surface area (Å²) in [6, 6.07) is 7.27. The molecule has 0 spiro atoms. The maximum atomic E-state index is 11.9. The van der Waals surface area contributed by atoms with Gasteiger partial charge in [0, 0.05) is 18.1 Å². The zero-order chi connectivity index (χ0) is 13.9. The lowest BCUT2D eigenvalue weighted by Crippen LogP contribution is -2.46. The number of amides is 1. The van der Waals surface area contributed by atoms with Crippen LogP contribution in [0.15, 0.2) is 35.0 Å². The summed E-state index contributed by atoms with van der Waals surface area (Å²) in [7, 11) is 0. The molecule has 0 aliphatic carbocycles. The summed E-state index contributed by atoms with van der Waals surface area (Å²) in [6.45, 7) is 2.80. The van der Waals surface area contributed by atoms with Crippen molar-refractivity contribution in [1.29, 1.82) is 0 Å². The summed E-state index contributed by atoms with van der Waals surface area (Å²) in [5, 5.41) is 3.46. The summed E-state index contributed by atoms with van der Waals surface area (Å²) in [5.41, 5.74) is 1.31. The minimum absolute atomic E-state index is 0.179. The maximum absolute atomic E-state index is 11.9. The molecule has 3 rings (SSSR count). The summed E-state index contributed by atoms with van der Waals surface area (Å²) in [6.07, 6.45) is 1.75. The van der Waals surface area contributed by atoms with Crippen molar-refractivity contribution in [2.75, 3.05) is 26.3 Å². The molecule has 0 aromatic heterocycles. The predicted molar refractivity (Wildman–Crippen MR) is 77.4 cm³/mol. The number of ether oxygens (including phenoxy) is 1. The van der Waals surface area contributed by atoms with Gasteiger partial charge in [-0.2, -0.15) is 0 Å². The van der Waals surface area contributed by atoms with Gasteiger partial charge < -0.3 is 9.64 Å². The normalized spacial score (nSPS) is 21.1. The van der Waals surface area contributed by atoms with E-state index >= 15 is 0 Å². The van der Waals surface area contributed by atoms with Crippen LogP contribution in [0.25, 0.3) is 6.08 Å². The van der Waals surface area contributed by atoms with E-state index in [0.717, 1.165) is 18.7 Å². The molecule has 1 amide bonds. The second-order valence-corrected chi connectivity index (χ2v) is 5.01. The highest BCUT2D eigenvalue weighted by atomic mass is 35.5. The van der Waals surface area contributed by atoms with E-state index in [0.29, 0.717) is 29.9 Å². The van der Waals surface area contributed by atoms with Crippen molar-refractivity contribution in [3.63, 3.8) is 0 Å². The molecule has 1 fully saturated rings. The zero-order valence-corrected chi connectivity index (χ0v) is 11.6. The third-order valence-corrected chi connectivity index (χ3v) is 3.42. The number of hydrogen-bond donors (Lipinski definition) is 1. The number of benzene rings is 1. The summed E-state index contributed by atoms with van der Waals surface area (Å²) in [4.78, 5) is 18.3. The molecule has 20 heavy (non-hydrogen) atoms. The van der Waals surface area contributed by atoms with Crippen LogP contribution in [0.3, 0.4) is 0 Å². The van der Waals surface area contributed by atoms with Crippen molar-refractivity contribution >= 4 is 29.5 Å². The summed E-state index contributed by atoms with van der Waals surface area (Å²) < 4.78 is 5.28. The highest BCUT2D eigenvalue weighted by molar-refractivity contribution is 6.30. The molecule has 6 heteroatoms. The molecule has 2 aliphatic rings. The lowest BCUT2D eigenvalue weighted by Gasteiger charge is -2.27. The highest BCUT2D eigenvalue weighted by Gasteiger charge is 2.25. The first kappa shape index (κ1) is 13.1. The number of carbonyl (C=O) groups is 1. The molecule has 0 radical (unpaired) electrons. The van der Waals surface area contributed by atoms with Crippen LogP contribution in [0.1, 0.15) is 5.56 Å². The molecule has 2 heterocycles. The second-order valence-electron chi connectivity index (χ2n) is 4.57. The van der Waals surface area contributed by atoms with Gasteiger partial charge in [-0.25, -0.2) is 4.99 Å². The second kappa shape index (κ2) is 5.64. The van der Waals surface area contributed by atoms with Gasteiger partial charge in [0.05, 0.1) is 13.2 Å². The van der Waals surface area contributed by atoms with Gasteiger partial charge in [-0.05, 0) is 23.8 Å². The van der Waals surface area contributed by atoms with E-state index < -0.39 is 0 Å². The van der Waals surface area contributed by atoms with Gasteiger partial charge >= 0.3 is 0 Å². The van der Waals surface area contributed by atoms with E-state index in [-0.39, 0.29) is 5.91 Å². The fraction of sp³-hybridized carbons (Fsp3) is 0.286. The Morgan fingerprint density at radius 2 is 1.95 bits per heavy atom. The monoisotopic (exact) mass is 291 g/mol. The van der Waals surface area contributed by atoms with Gasteiger partial charge in [-0.1, -0.05) is 23.7 Å². The Bertz CT molecular complexity index is 575. The van der Waals surface area contributed by atoms with Crippen molar-refractivity contribution < 1.29 is 9.53 Å². The van der Waals surface area contributed by atoms with Gasteiger partial charge in [0.15, 0.2) is 0 Å². The minimum atomic E-state index is -0.179. The van der Waals surface area contributed by atoms with Crippen molar-refractivity contribution in [2.45, 2.75) is 0 Å². The average molecular weight is 292 g/mol. The van der Waals surface area contributed by atoms with E-state index in [1.54, 1.807) is 18.2 Å². The van der Waals surface area contributed by atoms with Crippen LogP contribution in [-0.4, -0.2) is 43.1 Å². The summed E-state index contributed by atoms with van der Waals surface area (Å²) >= 11 is 5.84.